The first-order chi connectivity index (χ1) is 14.9. The number of fused-ring (bicyclic) bond motifs is 1. The maximum absolute atomic E-state index is 13.4. The van der Waals surface area contributed by atoms with E-state index >= 15 is 0 Å². The number of hydrogen-bond acceptors (Lipinski definition) is 4. The first-order valence-corrected chi connectivity index (χ1v) is 11.3. The van der Waals surface area contributed by atoms with Gasteiger partial charge in [0.15, 0.2) is 4.91 Å². The lowest BCUT2D eigenvalue weighted by molar-refractivity contribution is -0.112. The first kappa shape index (κ1) is 20.7. The Bertz CT molecular complexity index is 1270. The standard InChI is InChI=1S/C24H22N2O4S/c1-3-30-19-13-9-12-18(16-19)25-24(27)23-22(17-10-5-4-6-11-17)20-14-7-8-15-21(20)26(2)31(23,28)29/h4-16H,3H2,1-2H3,(H,25,27). The molecule has 0 saturated heterocycles. The molecule has 0 radical (unpaired) electrons. The van der Waals surface area contributed by atoms with Crippen molar-refractivity contribution in [2.75, 3.05) is 23.3 Å². The van der Waals surface area contributed by atoms with Crippen molar-refractivity contribution in [2.24, 2.45) is 0 Å². The van der Waals surface area contributed by atoms with Crippen LogP contribution in [0.15, 0.2) is 83.8 Å². The number of sulfonamides is 1. The van der Waals surface area contributed by atoms with Crippen LogP contribution in [0.2, 0.25) is 0 Å². The first-order valence-electron chi connectivity index (χ1n) is 9.85. The minimum Gasteiger partial charge on any atom is -0.494 e. The van der Waals surface area contributed by atoms with Gasteiger partial charge in [0.2, 0.25) is 0 Å². The second kappa shape index (κ2) is 8.28. The lowest BCUT2D eigenvalue weighted by Gasteiger charge is -2.30. The average molecular weight is 435 g/mol. The van der Waals surface area contributed by atoms with Crippen LogP contribution in [0.25, 0.3) is 5.57 Å². The monoisotopic (exact) mass is 434 g/mol. The zero-order chi connectivity index (χ0) is 22.0. The Morgan fingerprint density at radius 2 is 1.68 bits per heavy atom. The fraction of sp³-hybridized carbons (Fsp3) is 0.125. The number of anilines is 2. The summed E-state index contributed by atoms with van der Waals surface area (Å²) in [5.74, 6) is -0.111. The minimum absolute atomic E-state index is 0.290. The maximum Gasteiger partial charge on any atom is 0.270 e. The van der Waals surface area contributed by atoms with E-state index in [0.29, 0.717) is 40.4 Å². The molecule has 0 spiro atoms. The normalized spacial score (nSPS) is 14.7. The molecule has 6 nitrogen and oxygen atoms in total. The number of rotatable bonds is 5. The molecule has 158 valence electrons. The number of ether oxygens (including phenoxy) is 1. The summed E-state index contributed by atoms with van der Waals surface area (Å²) in [5, 5.41) is 2.73. The number of carbonyl (C=O) groups is 1. The molecule has 7 heteroatoms. The van der Waals surface area contributed by atoms with E-state index in [0.717, 1.165) is 4.31 Å². The Morgan fingerprint density at radius 3 is 2.42 bits per heavy atom. The number of benzene rings is 3. The van der Waals surface area contributed by atoms with E-state index in [9.17, 15) is 13.2 Å². The quantitative estimate of drug-likeness (QED) is 0.651. The summed E-state index contributed by atoms with van der Waals surface area (Å²) in [6, 6.07) is 23.1. The lowest BCUT2D eigenvalue weighted by atomic mass is 9.95. The van der Waals surface area contributed by atoms with Crippen LogP contribution in [-0.4, -0.2) is 28.0 Å². The summed E-state index contributed by atoms with van der Waals surface area (Å²) in [4.78, 5) is 13.1. The molecule has 3 aromatic carbocycles. The van der Waals surface area contributed by atoms with Crippen LogP contribution in [0.1, 0.15) is 18.1 Å². The van der Waals surface area contributed by atoms with Gasteiger partial charge in [0.05, 0.1) is 12.3 Å². The van der Waals surface area contributed by atoms with Gasteiger partial charge < -0.3 is 10.1 Å². The number of carbonyl (C=O) groups excluding carboxylic acids is 1. The van der Waals surface area contributed by atoms with Crippen LogP contribution in [0.3, 0.4) is 0 Å². The van der Waals surface area contributed by atoms with Crippen LogP contribution in [0, 0.1) is 0 Å². The molecule has 1 N–H and O–H groups in total. The fourth-order valence-corrected chi connectivity index (χ4v) is 5.08. The molecule has 1 aliphatic heterocycles. The van der Waals surface area contributed by atoms with E-state index < -0.39 is 15.9 Å². The third-order valence-corrected chi connectivity index (χ3v) is 6.85. The third kappa shape index (κ3) is 3.80. The van der Waals surface area contributed by atoms with E-state index in [2.05, 4.69) is 5.32 Å². The van der Waals surface area contributed by atoms with Crippen LogP contribution < -0.4 is 14.4 Å². The van der Waals surface area contributed by atoms with Crippen LogP contribution in [0.5, 0.6) is 5.75 Å². The Morgan fingerprint density at radius 1 is 0.968 bits per heavy atom. The SMILES string of the molecule is CCOc1cccc(NC(=O)C2=C(c3ccccc3)c3ccccc3N(C)S2(=O)=O)c1. The molecule has 0 fully saturated rings. The summed E-state index contributed by atoms with van der Waals surface area (Å²) in [6.07, 6.45) is 0. The van der Waals surface area contributed by atoms with E-state index in [4.69, 9.17) is 4.74 Å². The van der Waals surface area contributed by atoms with Gasteiger partial charge in [-0.15, -0.1) is 0 Å². The highest BCUT2D eigenvalue weighted by Crippen LogP contribution is 2.42. The number of para-hydroxylation sites is 1. The van der Waals surface area contributed by atoms with Crippen molar-refractivity contribution >= 4 is 32.9 Å². The number of nitrogens with zero attached hydrogens (tertiary/aromatic N) is 1. The largest absolute Gasteiger partial charge is 0.494 e. The van der Waals surface area contributed by atoms with Crippen LogP contribution in [-0.2, 0) is 14.8 Å². The summed E-state index contributed by atoms with van der Waals surface area (Å²) in [6.45, 7) is 2.35. The minimum atomic E-state index is -4.08. The zero-order valence-electron chi connectivity index (χ0n) is 17.2. The van der Waals surface area contributed by atoms with Crippen molar-refractivity contribution in [2.45, 2.75) is 6.92 Å². The highest BCUT2D eigenvalue weighted by Gasteiger charge is 2.39. The van der Waals surface area contributed by atoms with Gasteiger partial charge in [-0.1, -0.05) is 54.6 Å². The number of nitrogens with one attached hydrogen (secondary N) is 1. The Kier molecular flexibility index (Phi) is 5.52. The van der Waals surface area contributed by atoms with Gasteiger partial charge in [-0.2, -0.15) is 0 Å². The van der Waals surface area contributed by atoms with Crippen LogP contribution in [0.4, 0.5) is 11.4 Å². The fourth-order valence-electron chi connectivity index (χ4n) is 3.62. The molecule has 0 unspecified atom stereocenters. The highest BCUT2D eigenvalue weighted by atomic mass is 32.2. The highest BCUT2D eigenvalue weighted by molar-refractivity contribution is 7.97. The Balaban J connectivity index is 1.90. The third-order valence-electron chi connectivity index (χ3n) is 5.03. The maximum atomic E-state index is 13.4. The summed E-state index contributed by atoms with van der Waals surface area (Å²) in [7, 11) is -2.63. The summed E-state index contributed by atoms with van der Waals surface area (Å²) >= 11 is 0. The molecular weight excluding hydrogens is 412 g/mol. The van der Waals surface area contributed by atoms with Crippen molar-refractivity contribution < 1.29 is 17.9 Å². The predicted octanol–water partition coefficient (Wildman–Crippen LogP) is 4.26. The van der Waals surface area contributed by atoms with E-state index in [-0.39, 0.29) is 4.91 Å². The molecule has 3 aromatic rings. The molecule has 0 bridgehead atoms. The molecule has 31 heavy (non-hydrogen) atoms. The van der Waals surface area contributed by atoms with Crippen LogP contribution >= 0.6 is 0 Å². The predicted molar refractivity (Wildman–Crippen MR) is 122 cm³/mol. The zero-order valence-corrected chi connectivity index (χ0v) is 18.0. The molecule has 1 aliphatic rings. The van der Waals surface area contributed by atoms with Gasteiger partial charge in [-0.25, -0.2) is 8.42 Å². The van der Waals surface area contributed by atoms with Crippen molar-refractivity contribution in [1.82, 2.24) is 0 Å². The molecule has 4 rings (SSSR count). The van der Waals surface area contributed by atoms with Gasteiger partial charge in [0.1, 0.15) is 5.75 Å². The van der Waals surface area contributed by atoms with Gasteiger partial charge in [0.25, 0.3) is 15.9 Å². The summed E-state index contributed by atoms with van der Waals surface area (Å²) < 4.78 is 33.5. The Labute approximate surface area is 181 Å². The van der Waals surface area contributed by atoms with Gasteiger partial charge >= 0.3 is 0 Å². The van der Waals surface area contributed by atoms with Gasteiger partial charge in [-0.3, -0.25) is 9.10 Å². The second-order valence-corrected chi connectivity index (χ2v) is 8.88. The molecule has 0 atom stereocenters. The van der Waals surface area contributed by atoms with Crippen molar-refractivity contribution in [3.8, 4) is 5.75 Å². The second-order valence-electron chi connectivity index (χ2n) is 6.97. The van der Waals surface area contributed by atoms with Crippen molar-refractivity contribution in [3.05, 3.63) is 94.9 Å². The van der Waals surface area contributed by atoms with E-state index in [1.165, 1.54) is 7.05 Å². The van der Waals surface area contributed by atoms with E-state index in [1.54, 1.807) is 48.5 Å². The number of hydrogen-bond donors (Lipinski definition) is 1. The molecule has 1 heterocycles. The molecule has 0 saturated carbocycles. The molecule has 0 aromatic heterocycles. The lowest BCUT2D eigenvalue weighted by Crippen LogP contribution is -2.37. The summed E-state index contributed by atoms with van der Waals surface area (Å²) in [5.41, 5.74) is 2.69. The molecule has 0 aliphatic carbocycles. The van der Waals surface area contributed by atoms with Gasteiger partial charge in [0, 0.05) is 29.9 Å². The molecular formula is C24H22N2O4S. The Hall–Kier alpha value is -3.58. The average Bonchev–Trinajstić information content (AvgIpc) is 2.77. The van der Waals surface area contributed by atoms with Crippen molar-refractivity contribution in [3.63, 3.8) is 0 Å². The van der Waals surface area contributed by atoms with Crippen molar-refractivity contribution in [1.29, 1.82) is 0 Å². The smallest absolute Gasteiger partial charge is 0.270 e. The van der Waals surface area contributed by atoms with Gasteiger partial charge in [-0.05, 0) is 30.7 Å². The molecule has 1 amide bonds. The van der Waals surface area contributed by atoms with E-state index in [1.807, 2.05) is 37.3 Å². The number of amides is 1. The topological polar surface area (TPSA) is 75.7 Å².